The molecule has 0 saturated heterocycles. The van der Waals surface area contributed by atoms with Crippen LogP contribution in [-0.4, -0.2) is 42.6 Å². The molecular formula is C18H13BNO6. The molecule has 0 aliphatic rings. The fraction of sp³-hybridized carbons (Fsp3) is 0. The van der Waals surface area contributed by atoms with E-state index in [-0.39, 0.29) is 5.69 Å². The van der Waals surface area contributed by atoms with Crippen LogP contribution in [0.5, 0.6) is 28.7 Å². The number of hydrogen-bond acceptors (Lipinski definition) is 6. The summed E-state index contributed by atoms with van der Waals surface area (Å²) in [6.45, 7) is 0. The third-order valence-electron chi connectivity index (χ3n) is 4.44. The van der Waals surface area contributed by atoms with Crippen LogP contribution in [-0.2, 0) is 0 Å². The fourth-order valence-electron chi connectivity index (χ4n) is 3.28. The molecule has 6 N–H and O–H groups in total. The highest BCUT2D eigenvalue weighted by Gasteiger charge is 2.27. The number of hydrogen-bond donors (Lipinski definition) is 6. The standard InChI is InChI=1S/C18H13BNO6/c21-14-13(15(22)17(24)18(25)16(14)23)20-10-6-2-1-4-8(10)12-9(19-26)5-3-7-11(12)20/h1-7,21-26H. The topological polar surface area (TPSA) is 126 Å². The van der Waals surface area contributed by atoms with E-state index in [9.17, 15) is 30.6 Å². The number of fused-ring (bicyclic) bond motifs is 3. The van der Waals surface area contributed by atoms with Crippen LogP contribution in [0.3, 0.4) is 0 Å². The average Bonchev–Trinajstić information content (AvgIpc) is 3.00. The number of aromatic hydroxyl groups is 5. The molecule has 0 aliphatic heterocycles. The lowest BCUT2D eigenvalue weighted by Gasteiger charge is -2.15. The summed E-state index contributed by atoms with van der Waals surface area (Å²) in [5.41, 5.74) is 1.28. The minimum Gasteiger partial charge on any atom is -0.503 e. The number of benzene rings is 3. The van der Waals surface area contributed by atoms with Gasteiger partial charge in [-0.3, -0.25) is 0 Å². The second-order valence-electron chi connectivity index (χ2n) is 5.81. The number of aromatic nitrogens is 1. The van der Waals surface area contributed by atoms with Crippen LogP contribution in [0, 0.1) is 0 Å². The molecule has 26 heavy (non-hydrogen) atoms. The van der Waals surface area contributed by atoms with Crippen molar-refractivity contribution in [2.24, 2.45) is 0 Å². The van der Waals surface area contributed by atoms with Crippen LogP contribution < -0.4 is 5.46 Å². The van der Waals surface area contributed by atoms with Gasteiger partial charge in [0.2, 0.25) is 17.2 Å². The second-order valence-corrected chi connectivity index (χ2v) is 5.81. The molecule has 0 fully saturated rings. The van der Waals surface area contributed by atoms with E-state index in [0.717, 1.165) is 7.48 Å². The molecule has 0 spiro atoms. The zero-order chi connectivity index (χ0) is 18.6. The molecule has 0 atom stereocenters. The minimum atomic E-state index is -1.02. The first-order valence-electron chi connectivity index (χ1n) is 7.66. The molecule has 1 aromatic heterocycles. The Morgan fingerprint density at radius 2 is 1.23 bits per heavy atom. The van der Waals surface area contributed by atoms with Crippen molar-refractivity contribution in [1.82, 2.24) is 4.57 Å². The summed E-state index contributed by atoms with van der Waals surface area (Å²) in [7, 11) is 0.949. The Morgan fingerprint density at radius 1 is 0.654 bits per heavy atom. The van der Waals surface area contributed by atoms with Crippen LogP contribution >= 0.6 is 0 Å². The van der Waals surface area contributed by atoms with Gasteiger partial charge in [-0.2, -0.15) is 0 Å². The van der Waals surface area contributed by atoms with Gasteiger partial charge < -0.3 is 35.1 Å². The van der Waals surface area contributed by atoms with Gasteiger partial charge >= 0.3 is 7.48 Å². The van der Waals surface area contributed by atoms with Gasteiger partial charge in [0.25, 0.3) is 0 Å². The van der Waals surface area contributed by atoms with E-state index in [1.54, 1.807) is 42.5 Å². The lowest BCUT2D eigenvalue weighted by atomic mass is 9.85. The summed E-state index contributed by atoms with van der Waals surface area (Å²) >= 11 is 0. The highest BCUT2D eigenvalue weighted by atomic mass is 16.4. The minimum absolute atomic E-state index is 0.293. The zero-order valence-corrected chi connectivity index (χ0v) is 13.2. The number of phenolic OH excluding ortho intramolecular Hbond substituents is 5. The Hall–Kier alpha value is -3.52. The maximum atomic E-state index is 10.3. The van der Waals surface area contributed by atoms with Gasteiger partial charge in [-0.25, -0.2) is 0 Å². The van der Waals surface area contributed by atoms with E-state index in [2.05, 4.69) is 0 Å². The van der Waals surface area contributed by atoms with E-state index in [4.69, 9.17) is 0 Å². The molecule has 3 aromatic carbocycles. The van der Waals surface area contributed by atoms with Crippen LogP contribution in [0.1, 0.15) is 0 Å². The van der Waals surface area contributed by atoms with Crippen molar-refractivity contribution in [2.45, 2.75) is 0 Å². The molecule has 0 amide bonds. The summed E-state index contributed by atoms with van der Waals surface area (Å²) in [5.74, 6) is -4.51. The molecule has 4 aromatic rings. The maximum absolute atomic E-state index is 10.3. The van der Waals surface area contributed by atoms with Crippen molar-refractivity contribution >= 4 is 34.8 Å². The third kappa shape index (κ3) is 1.93. The molecule has 0 bridgehead atoms. The molecule has 1 radical (unpaired) electrons. The molecule has 0 unspecified atom stereocenters. The Balaban J connectivity index is 2.27. The van der Waals surface area contributed by atoms with Gasteiger partial charge in [-0.1, -0.05) is 30.3 Å². The first-order chi connectivity index (χ1) is 12.5. The van der Waals surface area contributed by atoms with Crippen molar-refractivity contribution in [3.63, 3.8) is 0 Å². The SMILES string of the molecule is O[B]c1cccc2c1c1ccccc1n2-c1c(O)c(O)c(O)c(O)c1O. The Bertz CT molecular complexity index is 1150. The first-order valence-corrected chi connectivity index (χ1v) is 7.66. The number of rotatable bonds is 2. The predicted molar refractivity (Wildman–Crippen MR) is 96.7 cm³/mol. The molecule has 7 nitrogen and oxygen atoms in total. The molecule has 4 rings (SSSR count). The first kappa shape index (κ1) is 16.0. The predicted octanol–water partition coefficient (Wildman–Crippen LogP) is 1.55. The monoisotopic (exact) mass is 350 g/mol. The third-order valence-corrected chi connectivity index (χ3v) is 4.44. The largest absolute Gasteiger partial charge is 0.503 e. The van der Waals surface area contributed by atoms with Crippen molar-refractivity contribution in [3.05, 3.63) is 42.5 Å². The maximum Gasteiger partial charge on any atom is 0.327 e. The van der Waals surface area contributed by atoms with Gasteiger partial charge in [0, 0.05) is 10.8 Å². The van der Waals surface area contributed by atoms with Crippen LogP contribution in [0.15, 0.2) is 42.5 Å². The van der Waals surface area contributed by atoms with Crippen molar-refractivity contribution in [3.8, 4) is 34.4 Å². The molecule has 129 valence electrons. The van der Waals surface area contributed by atoms with Gasteiger partial charge in [-0.15, -0.1) is 0 Å². The molecule has 1 heterocycles. The number of nitrogens with zero attached hydrogens (tertiary/aromatic N) is 1. The van der Waals surface area contributed by atoms with E-state index in [0.29, 0.717) is 27.3 Å². The van der Waals surface area contributed by atoms with E-state index in [1.165, 1.54) is 4.57 Å². The van der Waals surface area contributed by atoms with Crippen LogP contribution in [0.2, 0.25) is 0 Å². The average molecular weight is 350 g/mol. The number of para-hydroxylation sites is 1. The smallest absolute Gasteiger partial charge is 0.327 e. The normalized spacial score (nSPS) is 11.3. The van der Waals surface area contributed by atoms with Crippen LogP contribution in [0.25, 0.3) is 27.5 Å². The van der Waals surface area contributed by atoms with Gasteiger partial charge in [0.1, 0.15) is 5.69 Å². The second kappa shape index (κ2) is 5.50. The summed E-state index contributed by atoms with van der Waals surface area (Å²) < 4.78 is 1.43. The molecule has 8 heteroatoms. The highest BCUT2D eigenvalue weighted by molar-refractivity contribution is 6.51. The summed E-state index contributed by atoms with van der Waals surface area (Å²) in [4.78, 5) is 0. The summed E-state index contributed by atoms with van der Waals surface area (Å²) in [5, 5.41) is 61.1. The zero-order valence-electron chi connectivity index (χ0n) is 13.2. The van der Waals surface area contributed by atoms with Crippen molar-refractivity contribution in [1.29, 1.82) is 0 Å². The fourth-order valence-corrected chi connectivity index (χ4v) is 3.28. The molecular weight excluding hydrogens is 337 g/mol. The Labute approximate surface area is 147 Å². The Kier molecular flexibility index (Phi) is 3.38. The van der Waals surface area contributed by atoms with Gasteiger partial charge in [-0.05, 0) is 17.6 Å². The Morgan fingerprint density at radius 3 is 1.88 bits per heavy atom. The lowest BCUT2D eigenvalue weighted by Crippen LogP contribution is -2.13. The summed E-state index contributed by atoms with van der Waals surface area (Å²) in [6, 6.07) is 12.1. The van der Waals surface area contributed by atoms with E-state index >= 15 is 0 Å². The van der Waals surface area contributed by atoms with Crippen LogP contribution in [0.4, 0.5) is 0 Å². The van der Waals surface area contributed by atoms with E-state index in [1.807, 2.05) is 0 Å². The molecule has 0 saturated carbocycles. The highest BCUT2D eigenvalue weighted by Crippen LogP contribution is 2.53. The van der Waals surface area contributed by atoms with Crippen molar-refractivity contribution < 1.29 is 30.6 Å². The quantitative estimate of drug-likeness (QED) is 0.185. The van der Waals surface area contributed by atoms with Gasteiger partial charge in [0.15, 0.2) is 11.5 Å². The lowest BCUT2D eigenvalue weighted by molar-refractivity contribution is 0.327. The molecule has 0 aliphatic carbocycles. The van der Waals surface area contributed by atoms with Gasteiger partial charge in [0.05, 0.1) is 11.0 Å². The van der Waals surface area contributed by atoms with Crippen molar-refractivity contribution in [2.75, 3.05) is 0 Å². The number of phenols is 5. The summed E-state index contributed by atoms with van der Waals surface area (Å²) in [6.07, 6.45) is 0. The van der Waals surface area contributed by atoms with E-state index < -0.39 is 28.7 Å².